The molecule has 0 unspecified atom stereocenters. The summed E-state index contributed by atoms with van der Waals surface area (Å²) < 4.78 is 35.7. The van der Waals surface area contributed by atoms with Crippen molar-refractivity contribution in [3.63, 3.8) is 0 Å². The number of hydrogen-bond donors (Lipinski definition) is 2. The third-order valence-corrected chi connectivity index (χ3v) is 9.43. The molecular formula is C27H37N5O5S. The fourth-order valence-corrected chi connectivity index (χ4v) is 7.04. The molecule has 1 aromatic heterocycles. The predicted molar refractivity (Wildman–Crippen MR) is 142 cm³/mol. The molecule has 3 atom stereocenters. The van der Waals surface area contributed by atoms with Gasteiger partial charge in [0.15, 0.2) is 0 Å². The molecular weight excluding hydrogens is 506 g/mol. The van der Waals surface area contributed by atoms with E-state index in [9.17, 15) is 18.3 Å². The van der Waals surface area contributed by atoms with Crippen LogP contribution in [-0.2, 0) is 21.4 Å². The minimum absolute atomic E-state index is 0.0302. The number of benzene rings is 1. The number of ether oxygens (including phenoxy) is 1. The normalized spacial score (nSPS) is 27.1. The molecule has 11 heteroatoms. The summed E-state index contributed by atoms with van der Waals surface area (Å²) in [7, 11) is -1.95. The molecule has 4 heterocycles. The molecule has 206 valence electrons. The van der Waals surface area contributed by atoms with E-state index >= 15 is 0 Å². The average molecular weight is 544 g/mol. The van der Waals surface area contributed by atoms with Crippen LogP contribution in [0.15, 0.2) is 47.6 Å². The van der Waals surface area contributed by atoms with E-state index in [1.54, 1.807) is 19.2 Å². The van der Waals surface area contributed by atoms with Crippen LogP contribution < -0.4 is 9.46 Å². The zero-order valence-corrected chi connectivity index (χ0v) is 22.8. The summed E-state index contributed by atoms with van der Waals surface area (Å²) in [5.41, 5.74) is 2.12. The lowest BCUT2D eigenvalue weighted by atomic mass is 9.89. The minimum atomic E-state index is -3.89. The molecule has 0 saturated carbocycles. The van der Waals surface area contributed by atoms with E-state index in [0.717, 1.165) is 30.5 Å². The number of aliphatic hydroxyl groups excluding tert-OH is 1. The SMILES string of the molecule is CC(=O)N1CCC(c2ccc3c(c2)O[C@H]2CN(Cc4cccnc4)C[C@H]2N(C)C[C@@H](O)CNS3(=O)=O)CC1. The molecule has 1 amide bonds. The number of likely N-dealkylation sites (tertiary alicyclic amines) is 2. The first-order valence-electron chi connectivity index (χ1n) is 13.2. The Balaban J connectivity index is 1.44. The monoisotopic (exact) mass is 543 g/mol. The standard InChI is InChI=1S/C27H37N5O5S/c1-19(33)32-10-7-21(8-11-32)22-5-6-27-25(12-22)37-26-18-31(15-20-4-3-9-28-13-20)17-24(26)30(2)16-23(34)14-29-38(27,35)36/h3-6,9,12-13,21,23-24,26,29,34H,7-8,10-11,14-18H2,1-2H3/t23-,24+,26-/m0/s1. The highest BCUT2D eigenvalue weighted by Crippen LogP contribution is 2.35. The number of carbonyl (C=O) groups is 1. The molecule has 38 heavy (non-hydrogen) atoms. The summed E-state index contributed by atoms with van der Waals surface area (Å²) in [6.45, 7) is 5.27. The van der Waals surface area contributed by atoms with Crippen molar-refractivity contribution in [3.8, 4) is 5.75 Å². The Hall–Kier alpha value is -2.57. The second kappa shape index (κ2) is 11.3. The lowest BCUT2D eigenvalue weighted by Gasteiger charge is -2.32. The largest absolute Gasteiger partial charge is 0.486 e. The number of hydrogen-bond acceptors (Lipinski definition) is 8. The van der Waals surface area contributed by atoms with Gasteiger partial charge in [-0.2, -0.15) is 0 Å². The topological polar surface area (TPSA) is 115 Å². The number of rotatable bonds is 3. The first-order chi connectivity index (χ1) is 18.2. The Labute approximate surface area is 224 Å². The summed E-state index contributed by atoms with van der Waals surface area (Å²) in [5, 5.41) is 10.6. The number of aliphatic hydroxyl groups is 1. The lowest BCUT2D eigenvalue weighted by molar-refractivity contribution is -0.129. The van der Waals surface area contributed by atoms with Gasteiger partial charge in [0.2, 0.25) is 15.9 Å². The number of sulfonamides is 1. The Morgan fingerprint density at radius 3 is 2.68 bits per heavy atom. The lowest BCUT2D eigenvalue weighted by Crippen LogP contribution is -2.47. The van der Waals surface area contributed by atoms with Crippen molar-refractivity contribution >= 4 is 15.9 Å². The highest BCUT2D eigenvalue weighted by Gasteiger charge is 2.39. The smallest absolute Gasteiger partial charge is 0.244 e. The van der Waals surface area contributed by atoms with E-state index in [-0.39, 0.29) is 35.4 Å². The van der Waals surface area contributed by atoms with Crippen molar-refractivity contribution in [1.29, 1.82) is 0 Å². The van der Waals surface area contributed by atoms with Gasteiger partial charge >= 0.3 is 0 Å². The van der Waals surface area contributed by atoms with Gasteiger partial charge < -0.3 is 14.7 Å². The van der Waals surface area contributed by atoms with Gasteiger partial charge in [0, 0.05) is 65.1 Å². The van der Waals surface area contributed by atoms with E-state index in [2.05, 4.69) is 19.5 Å². The summed E-state index contributed by atoms with van der Waals surface area (Å²) in [6, 6.07) is 9.28. The molecule has 0 radical (unpaired) electrons. The number of fused-ring (bicyclic) bond motifs is 2. The van der Waals surface area contributed by atoms with Crippen molar-refractivity contribution in [2.45, 2.75) is 55.4 Å². The fraction of sp³-hybridized carbons (Fsp3) is 0.556. The van der Waals surface area contributed by atoms with Crippen LogP contribution in [0, 0.1) is 0 Å². The van der Waals surface area contributed by atoms with E-state index in [1.807, 2.05) is 42.4 Å². The van der Waals surface area contributed by atoms with Crippen LogP contribution in [0.25, 0.3) is 0 Å². The Morgan fingerprint density at radius 2 is 1.97 bits per heavy atom. The Kier molecular flexibility index (Phi) is 8.01. The fourth-order valence-electron chi connectivity index (χ4n) is 5.85. The molecule has 0 bridgehead atoms. The predicted octanol–water partition coefficient (Wildman–Crippen LogP) is 1.02. The molecule has 0 spiro atoms. The third-order valence-electron chi connectivity index (χ3n) is 7.96. The van der Waals surface area contributed by atoms with Gasteiger partial charge in [0.1, 0.15) is 16.7 Å². The number of nitrogens with zero attached hydrogens (tertiary/aromatic N) is 4. The summed E-state index contributed by atoms with van der Waals surface area (Å²) in [4.78, 5) is 22.3. The van der Waals surface area contributed by atoms with Gasteiger partial charge in [-0.3, -0.25) is 19.6 Å². The van der Waals surface area contributed by atoms with Crippen LogP contribution in [0.5, 0.6) is 5.75 Å². The first-order valence-corrected chi connectivity index (χ1v) is 14.7. The first kappa shape index (κ1) is 27.0. The van der Waals surface area contributed by atoms with Gasteiger partial charge in [0.25, 0.3) is 0 Å². The molecule has 0 aliphatic carbocycles. The van der Waals surface area contributed by atoms with Crippen LogP contribution >= 0.6 is 0 Å². The molecule has 5 rings (SSSR count). The number of likely N-dealkylation sites (N-methyl/N-ethyl adjacent to an activating group) is 1. The van der Waals surface area contributed by atoms with E-state index in [4.69, 9.17) is 4.74 Å². The van der Waals surface area contributed by atoms with Gasteiger partial charge in [-0.05, 0) is 55.1 Å². The van der Waals surface area contributed by atoms with Crippen molar-refractivity contribution in [2.75, 3.05) is 46.3 Å². The third kappa shape index (κ3) is 6.02. The van der Waals surface area contributed by atoms with E-state index in [0.29, 0.717) is 38.5 Å². The maximum absolute atomic E-state index is 13.3. The maximum Gasteiger partial charge on any atom is 0.244 e. The van der Waals surface area contributed by atoms with Crippen LogP contribution in [0.2, 0.25) is 0 Å². The molecule has 3 aliphatic heterocycles. The molecule has 3 aliphatic rings. The molecule has 2 N–H and O–H groups in total. The van der Waals surface area contributed by atoms with Gasteiger partial charge in [-0.25, -0.2) is 13.1 Å². The number of amides is 1. The summed E-state index contributed by atoms with van der Waals surface area (Å²) in [6.07, 6.45) is 4.11. The number of aromatic nitrogens is 1. The van der Waals surface area contributed by atoms with Crippen molar-refractivity contribution in [2.24, 2.45) is 0 Å². The number of pyridine rings is 1. The zero-order chi connectivity index (χ0) is 26.9. The van der Waals surface area contributed by atoms with Gasteiger partial charge in [-0.1, -0.05) is 12.1 Å². The highest BCUT2D eigenvalue weighted by molar-refractivity contribution is 7.89. The van der Waals surface area contributed by atoms with E-state index in [1.165, 1.54) is 0 Å². The van der Waals surface area contributed by atoms with Gasteiger partial charge in [-0.15, -0.1) is 0 Å². The summed E-state index contributed by atoms with van der Waals surface area (Å²) >= 11 is 0. The van der Waals surface area contributed by atoms with E-state index < -0.39 is 16.1 Å². The second-order valence-corrected chi connectivity index (χ2v) is 12.4. The molecule has 2 aromatic rings. The molecule has 10 nitrogen and oxygen atoms in total. The van der Waals surface area contributed by atoms with Crippen molar-refractivity contribution in [3.05, 3.63) is 53.9 Å². The van der Waals surface area contributed by atoms with Crippen LogP contribution in [0.3, 0.4) is 0 Å². The number of nitrogens with one attached hydrogen (secondary N) is 1. The molecule has 1 aromatic carbocycles. The Morgan fingerprint density at radius 1 is 1.18 bits per heavy atom. The minimum Gasteiger partial charge on any atom is -0.486 e. The Bertz CT molecular complexity index is 1240. The zero-order valence-electron chi connectivity index (χ0n) is 22.0. The highest BCUT2D eigenvalue weighted by atomic mass is 32.2. The maximum atomic E-state index is 13.3. The van der Waals surface area contributed by atoms with Crippen LogP contribution in [0.1, 0.15) is 36.8 Å². The number of piperidine rings is 1. The quantitative estimate of drug-likeness (QED) is 0.590. The average Bonchev–Trinajstić information content (AvgIpc) is 3.29. The van der Waals surface area contributed by atoms with Crippen molar-refractivity contribution < 1.29 is 23.1 Å². The second-order valence-electron chi connectivity index (χ2n) is 10.7. The molecule has 2 saturated heterocycles. The summed E-state index contributed by atoms with van der Waals surface area (Å²) in [5.74, 6) is 0.645. The van der Waals surface area contributed by atoms with Crippen molar-refractivity contribution in [1.82, 2.24) is 24.4 Å². The number of β-amino-alcohol motifs (C(OH)–C–C–N with tert-alkyl or cyclic N) is 1. The van der Waals surface area contributed by atoms with Gasteiger partial charge in [0.05, 0.1) is 12.1 Å². The van der Waals surface area contributed by atoms with Crippen LogP contribution in [-0.4, -0.2) is 104 Å². The molecule has 2 fully saturated rings. The van der Waals surface area contributed by atoms with Crippen LogP contribution in [0.4, 0.5) is 0 Å². The number of carbonyl (C=O) groups excluding carboxylic acids is 1.